The monoisotopic (exact) mass is 362 g/mol. The maximum atomic E-state index is 13.6. The highest BCUT2D eigenvalue weighted by atomic mass is 32.2. The first-order valence-electron chi connectivity index (χ1n) is 8.65. The fourth-order valence-corrected chi connectivity index (χ4v) is 3.86. The number of carbonyl (C=O) groups is 1. The molecule has 2 heterocycles. The van der Waals surface area contributed by atoms with E-state index in [0.717, 1.165) is 18.8 Å². The van der Waals surface area contributed by atoms with Gasteiger partial charge in [0, 0.05) is 11.4 Å². The van der Waals surface area contributed by atoms with E-state index in [1.807, 2.05) is 12.1 Å². The van der Waals surface area contributed by atoms with Gasteiger partial charge in [-0.2, -0.15) is 0 Å². The van der Waals surface area contributed by atoms with Crippen molar-refractivity contribution >= 4 is 17.7 Å². The van der Waals surface area contributed by atoms with Gasteiger partial charge in [0.15, 0.2) is 0 Å². The molecule has 1 saturated heterocycles. The third-order valence-corrected chi connectivity index (χ3v) is 5.44. The summed E-state index contributed by atoms with van der Waals surface area (Å²) in [7, 11) is 0. The van der Waals surface area contributed by atoms with Crippen LogP contribution in [0.3, 0.4) is 0 Å². The van der Waals surface area contributed by atoms with Gasteiger partial charge in [-0.3, -0.25) is 9.69 Å². The lowest BCUT2D eigenvalue weighted by Crippen LogP contribution is -2.40. The molecule has 1 atom stereocenters. The zero-order chi connectivity index (χ0) is 17.5. The summed E-state index contributed by atoms with van der Waals surface area (Å²) in [6.45, 7) is 2.54. The van der Waals surface area contributed by atoms with E-state index in [-0.39, 0.29) is 23.5 Å². The minimum Gasteiger partial charge on any atom is -0.468 e. The third kappa shape index (κ3) is 5.09. The number of hydrogen-bond donors (Lipinski definition) is 1. The molecule has 4 nitrogen and oxygen atoms in total. The smallest absolute Gasteiger partial charge is 0.230 e. The number of likely N-dealkylation sites (tertiary alicyclic amines) is 1. The summed E-state index contributed by atoms with van der Waals surface area (Å²) in [5.41, 5.74) is 0. The lowest BCUT2D eigenvalue weighted by molar-refractivity contribution is -0.118. The summed E-state index contributed by atoms with van der Waals surface area (Å²) in [6.07, 6.45) is 5.28. The average molecular weight is 362 g/mol. The molecule has 6 heteroatoms. The van der Waals surface area contributed by atoms with E-state index in [9.17, 15) is 9.18 Å². The molecule has 0 aliphatic carbocycles. The number of furan rings is 1. The molecule has 1 N–H and O–H groups in total. The van der Waals surface area contributed by atoms with Crippen LogP contribution in [-0.2, 0) is 4.79 Å². The van der Waals surface area contributed by atoms with Crippen molar-refractivity contribution in [3.63, 3.8) is 0 Å². The topological polar surface area (TPSA) is 45.5 Å². The van der Waals surface area contributed by atoms with Crippen LogP contribution in [0.4, 0.5) is 4.39 Å². The van der Waals surface area contributed by atoms with Crippen LogP contribution in [0.5, 0.6) is 0 Å². The van der Waals surface area contributed by atoms with Crippen molar-refractivity contribution in [2.75, 3.05) is 25.4 Å². The van der Waals surface area contributed by atoms with E-state index in [1.54, 1.807) is 24.5 Å². The van der Waals surface area contributed by atoms with Crippen molar-refractivity contribution in [1.82, 2.24) is 10.2 Å². The lowest BCUT2D eigenvalue weighted by Gasteiger charge is -2.33. The van der Waals surface area contributed by atoms with E-state index in [0.29, 0.717) is 11.4 Å². The molecular weight excluding hydrogens is 339 g/mol. The van der Waals surface area contributed by atoms with Crippen LogP contribution in [0.15, 0.2) is 52.0 Å². The van der Waals surface area contributed by atoms with Gasteiger partial charge in [0.1, 0.15) is 11.6 Å². The highest BCUT2D eigenvalue weighted by Crippen LogP contribution is 2.25. The molecule has 3 rings (SSSR count). The molecule has 0 bridgehead atoms. The second kappa shape index (κ2) is 9.06. The van der Waals surface area contributed by atoms with Crippen LogP contribution >= 0.6 is 11.8 Å². The Morgan fingerprint density at radius 1 is 1.20 bits per heavy atom. The summed E-state index contributed by atoms with van der Waals surface area (Å²) < 4.78 is 19.2. The normalized spacial score (nSPS) is 16.5. The van der Waals surface area contributed by atoms with Gasteiger partial charge in [-0.15, -0.1) is 11.8 Å². The quantitative estimate of drug-likeness (QED) is 0.760. The van der Waals surface area contributed by atoms with Gasteiger partial charge in [0.2, 0.25) is 5.91 Å². The maximum Gasteiger partial charge on any atom is 0.230 e. The molecule has 2 aromatic rings. The van der Waals surface area contributed by atoms with Crippen molar-refractivity contribution in [2.24, 2.45) is 0 Å². The molecule has 134 valence electrons. The largest absolute Gasteiger partial charge is 0.468 e. The zero-order valence-electron chi connectivity index (χ0n) is 14.1. The number of nitrogens with zero attached hydrogens (tertiary/aromatic N) is 1. The Morgan fingerprint density at radius 2 is 2.00 bits per heavy atom. The van der Waals surface area contributed by atoms with Crippen LogP contribution in [0.2, 0.25) is 0 Å². The fourth-order valence-electron chi connectivity index (χ4n) is 3.09. The maximum absolute atomic E-state index is 13.6. The number of hydrogen-bond acceptors (Lipinski definition) is 4. The summed E-state index contributed by atoms with van der Waals surface area (Å²) in [4.78, 5) is 15.0. The van der Waals surface area contributed by atoms with Gasteiger partial charge in [-0.1, -0.05) is 18.6 Å². The first-order chi connectivity index (χ1) is 12.2. The van der Waals surface area contributed by atoms with Crippen molar-refractivity contribution in [3.8, 4) is 0 Å². The predicted octanol–water partition coefficient (Wildman–Crippen LogP) is 3.85. The molecule has 1 amide bonds. The number of benzene rings is 1. The number of nitrogens with one attached hydrogen (secondary N) is 1. The lowest BCUT2D eigenvalue weighted by atomic mass is 10.1. The molecular formula is C19H23FN2O2S. The number of piperidine rings is 1. The Morgan fingerprint density at radius 3 is 2.72 bits per heavy atom. The molecule has 25 heavy (non-hydrogen) atoms. The minimum atomic E-state index is -0.290. The molecule has 1 aromatic heterocycles. The molecule has 1 aliphatic heterocycles. The Bertz CT molecular complexity index is 672. The number of amides is 1. The SMILES string of the molecule is O=C(CSc1ccccc1F)NCC(c1ccco1)N1CCCCC1. The summed E-state index contributed by atoms with van der Waals surface area (Å²) in [5.74, 6) is 0.694. The van der Waals surface area contributed by atoms with E-state index in [2.05, 4.69) is 10.2 Å². The Balaban J connectivity index is 1.53. The van der Waals surface area contributed by atoms with E-state index in [4.69, 9.17) is 4.42 Å². The fraction of sp³-hybridized carbons (Fsp3) is 0.421. The van der Waals surface area contributed by atoms with Crippen LogP contribution in [0, 0.1) is 5.82 Å². The highest BCUT2D eigenvalue weighted by molar-refractivity contribution is 8.00. The number of thioether (sulfide) groups is 1. The molecule has 0 spiro atoms. The molecule has 1 aliphatic rings. The van der Waals surface area contributed by atoms with Crippen molar-refractivity contribution < 1.29 is 13.6 Å². The highest BCUT2D eigenvalue weighted by Gasteiger charge is 2.24. The Kier molecular flexibility index (Phi) is 6.53. The van der Waals surface area contributed by atoms with Crippen LogP contribution < -0.4 is 5.32 Å². The summed E-state index contributed by atoms with van der Waals surface area (Å²) in [5, 5.41) is 2.97. The van der Waals surface area contributed by atoms with E-state index >= 15 is 0 Å². The van der Waals surface area contributed by atoms with E-state index in [1.165, 1.54) is 37.1 Å². The first-order valence-corrected chi connectivity index (χ1v) is 9.64. The second-order valence-electron chi connectivity index (χ2n) is 6.15. The molecule has 0 radical (unpaired) electrons. The number of carbonyl (C=O) groups excluding carboxylic acids is 1. The van der Waals surface area contributed by atoms with Gasteiger partial charge >= 0.3 is 0 Å². The minimum absolute atomic E-state index is 0.0534. The van der Waals surface area contributed by atoms with Gasteiger partial charge in [-0.25, -0.2) is 4.39 Å². The van der Waals surface area contributed by atoms with Crippen molar-refractivity contribution in [3.05, 3.63) is 54.2 Å². The van der Waals surface area contributed by atoms with Gasteiger partial charge < -0.3 is 9.73 Å². The Hall–Kier alpha value is -1.79. The predicted molar refractivity (Wildman–Crippen MR) is 97.0 cm³/mol. The van der Waals surface area contributed by atoms with Crippen molar-refractivity contribution in [1.29, 1.82) is 0 Å². The third-order valence-electron chi connectivity index (χ3n) is 4.39. The zero-order valence-corrected chi connectivity index (χ0v) is 14.9. The molecule has 1 fully saturated rings. The van der Waals surface area contributed by atoms with E-state index < -0.39 is 0 Å². The molecule has 0 saturated carbocycles. The van der Waals surface area contributed by atoms with Gasteiger partial charge in [0.05, 0.1) is 18.1 Å². The van der Waals surface area contributed by atoms with Gasteiger partial charge in [-0.05, 0) is 50.2 Å². The molecule has 1 aromatic carbocycles. The van der Waals surface area contributed by atoms with Crippen LogP contribution in [0.25, 0.3) is 0 Å². The number of halogens is 1. The Labute approximate surface area is 151 Å². The van der Waals surface area contributed by atoms with Crippen LogP contribution in [0.1, 0.15) is 31.1 Å². The number of rotatable bonds is 7. The average Bonchev–Trinajstić information content (AvgIpc) is 3.16. The first kappa shape index (κ1) is 18.0. The second-order valence-corrected chi connectivity index (χ2v) is 7.17. The molecule has 1 unspecified atom stereocenters. The van der Waals surface area contributed by atoms with Crippen molar-refractivity contribution in [2.45, 2.75) is 30.2 Å². The standard InChI is InChI=1S/C19H23FN2O2S/c20-15-7-2-3-9-18(15)25-14-19(23)21-13-16(17-8-6-12-24-17)22-10-4-1-5-11-22/h2-3,6-9,12,16H,1,4-5,10-11,13-14H2,(H,21,23). The van der Waals surface area contributed by atoms with Gasteiger partial charge in [0.25, 0.3) is 0 Å². The van der Waals surface area contributed by atoms with Crippen LogP contribution in [-0.4, -0.2) is 36.2 Å². The summed E-state index contributed by atoms with van der Waals surface area (Å²) in [6, 6.07) is 10.4. The summed E-state index contributed by atoms with van der Waals surface area (Å²) >= 11 is 1.22.